The molecule has 2 atom stereocenters. The lowest BCUT2D eigenvalue weighted by Gasteiger charge is -2.28. The number of aromatic nitrogens is 5. The second-order valence-corrected chi connectivity index (χ2v) is 8.33. The maximum absolute atomic E-state index is 4.75. The molecular formula is C20H18N8S. The third kappa shape index (κ3) is 3.08. The molecule has 2 saturated heterocycles. The Balaban J connectivity index is 1.26. The number of fused-ring (bicyclic) bond motifs is 3. The Morgan fingerprint density at radius 1 is 1.10 bits per heavy atom. The van der Waals surface area contributed by atoms with Crippen molar-refractivity contribution in [1.29, 1.82) is 0 Å². The molecule has 9 heteroatoms. The minimum Gasteiger partial charge on any atom is -0.351 e. The molecule has 0 aliphatic carbocycles. The Hall–Kier alpha value is -3.17. The summed E-state index contributed by atoms with van der Waals surface area (Å²) in [6.07, 6.45) is 8.38. The molecular weight excluding hydrogens is 384 g/mol. The van der Waals surface area contributed by atoms with Crippen LogP contribution >= 0.6 is 11.3 Å². The zero-order valence-corrected chi connectivity index (χ0v) is 16.3. The SMILES string of the molecule is c1cc(-c2nc3cc(Nc4nccc(N5C[C@@H]6C[C@H]5CN6)n4)ncc3s2)ccn1. The molecule has 0 saturated carbocycles. The minimum absolute atomic E-state index is 0.527. The van der Waals surface area contributed by atoms with Gasteiger partial charge in [0.25, 0.3) is 0 Å². The highest BCUT2D eigenvalue weighted by molar-refractivity contribution is 7.21. The second kappa shape index (κ2) is 6.71. The predicted molar refractivity (Wildman–Crippen MR) is 114 cm³/mol. The first-order chi connectivity index (χ1) is 14.3. The van der Waals surface area contributed by atoms with Crippen molar-refractivity contribution in [2.75, 3.05) is 23.3 Å². The topological polar surface area (TPSA) is 91.8 Å². The molecule has 0 aromatic carbocycles. The highest BCUT2D eigenvalue weighted by Gasteiger charge is 2.38. The molecule has 0 spiro atoms. The molecule has 6 heterocycles. The fourth-order valence-electron chi connectivity index (χ4n) is 4.05. The van der Waals surface area contributed by atoms with Gasteiger partial charge in [-0.3, -0.25) is 4.98 Å². The van der Waals surface area contributed by atoms with Gasteiger partial charge in [-0.1, -0.05) is 0 Å². The lowest BCUT2D eigenvalue weighted by Crippen LogP contribution is -2.44. The van der Waals surface area contributed by atoms with Crippen molar-refractivity contribution in [3.63, 3.8) is 0 Å². The van der Waals surface area contributed by atoms with Crippen LogP contribution in [-0.4, -0.2) is 50.1 Å². The van der Waals surface area contributed by atoms with Gasteiger partial charge in [0.15, 0.2) is 0 Å². The smallest absolute Gasteiger partial charge is 0.230 e. The van der Waals surface area contributed by atoms with Crippen molar-refractivity contribution >= 4 is 39.1 Å². The minimum atomic E-state index is 0.527. The first kappa shape index (κ1) is 16.8. The van der Waals surface area contributed by atoms with E-state index in [1.807, 2.05) is 30.5 Å². The predicted octanol–water partition coefficient (Wildman–Crippen LogP) is 2.84. The van der Waals surface area contributed by atoms with Gasteiger partial charge in [0.05, 0.1) is 10.2 Å². The van der Waals surface area contributed by atoms with Gasteiger partial charge in [-0.15, -0.1) is 11.3 Å². The molecule has 6 rings (SSSR count). The average molecular weight is 402 g/mol. The summed E-state index contributed by atoms with van der Waals surface area (Å²) in [4.78, 5) is 24.8. The van der Waals surface area contributed by atoms with E-state index < -0.39 is 0 Å². The molecule has 144 valence electrons. The summed E-state index contributed by atoms with van der Waals surface area (Å²) in [6.45, 7) is 2.03. The van der Waals surface area contributed by atoms with Gasteiger partial charge >= 0.3 is 0 Å². The number of rotatable bonds is 4. The van der Waals surface area contributed by atoms with E-state index in [2.05, 4.69) is 30.5 Å². The summed E-state index contributed by atoms with van der Waals surface area (Å²) in [7, 11) is 0. The van der Waals surface area contributed by atoms with E-state index >= 15 is 0 Å². The Morgan fingerprint density at radius 3 is 2.86 bits per heavy atom. The highest BCUT2D eigenvalue weighted by atomic mass is 32.1. The van der Waals surface area contributed by atoms with Crippen LogP contribution in [0.1, 0.15) is 6.42 Å². The molecule has 8 nitrogen and oxygen atoms in total. The normalized spacial score (nSPS) is 20.5. The van der Waals surface area contributed by atoms with E-state index in [-0.39, 0.29) is 0 Å². The molecule has 2 aliphatic rings. The van der Waals surface area contributed by atoms with Gasteiger partial charge in [-0.25, -0.2) is 15.0 Å². The van der Waals surface area contributed by atoms with Crippen molar-refractivity contribution < 1.29 is 0 Å². The van der Waals surface area contributed by atoms with Gasteiger partial charge in [0.2, 0.25) is 5.95 Å². The summed E-state index contributed by atoms with van der Waals surface area (Å²) < 4.78 is 1.04. The van der Waals surface area contributed by atoms with Gasteiger partial charge in [-0.05, 0) is 24.6 Å². The maximum Gasteiger partial charge on any atom is 0.230 e. The molecule has 0 amide bonds. The fourth-order valence-corrected chi connectivity index (χ4v) is 4.97. The van der Waals surface area contributed by atoms with Crippen LogP contribution in [0.4, 0.5) is 17.6 Å². The Kier molecular flexibility index (Phi) is 3.88. The molecule has 2 fully saturated rings. The summed E-state index contributed by atoms with van der Waals surface area (Å²) in [5.41, 5.74) is 1.96. The molecule has 0 radical (unpaired) electrons. The molecule has 4 aromatic heterocycles. The number of nitrogens with zero attached hydrogens (tertiary/aromatic N) is 6. The van der Waals surface area contributed by atoms with Crippen LogP contribution in [0.5, 0.6) is 0 Å². The van der Waals surface area contributed by atoms with Crippen LogP contribution in [0, 0.1) is 0 Å². The van der Waals surface area contributed by atoms with E-state index in [9.17, 15) is 0 Å². The number of nitrogens with one attached hydrogen (secondary N) is 2. The summed E-state index contributed by atoms with van der Waals surface area (Å²) >= 11 is 1.62. The van der Waals surface area contributed by atoms with Gasteiger partial charge in [-0.2, -0.15) is 4.98 Å². The molecule has 4 aromatic rings. The molecule has 0 unspecified atom stereocenters. The van der Waals surface area contributed by atoms with E-state index in [4.69, 9.17) is 9.97 Å². The fraction of sp³-hybridized carbons (Fsp3) is 0.250. The number of hydrogen-bond donors (Lipinski definition) is 2. The third-order valence-electron chi connectivity index (χ3n) is 5.43. The quantitative estimate of drug-likeness (QED) is 0.538. The van der Waals surface area contributed by atoms with E-state index in [0.29, 0.717) is 23.8 Å². The van der Waals surface area contributed by atoms with Crippen molar-refractivity contribution in [1.82, 2.24) is 30.2 Å². The zero-order chi connectivity index (χ0) is 19.2. The molecule has 2 N–H and O–H groups in total. The second-order valence-electron chi connectivity index (χ2n) is 7.30. The first-order valence-electron chi connectivity index (χ1n) is 9.59. The average Bonchev–Trinajstić information content (AvgIpc) is 3.50. The summed E-state index contributed by atoms with van der Waals surface area (Å²) in [6, 6.07) is 8.94. The van der Waals surface area contributed by atoms with Gasteiger partial charge < -0.3 is 15.5 Å². The Morgan fingerprint density at radius 2 is 2.03 bits per heavy atom. The van der Waals surface area contributed by atoms with Crippen LogP contribution in [-0.2, 0) is 0 Å². The molecule has 2 bridgehead atoms. The lowest BCUT2D eigenvalue weighted by molar-refractivity contribution is 0.576. The van der Waals surface area contributed by atoms with Crippen LogP contribution in [0.2, 0.25) is 0 Å². The zero-order valence-electron chi connectivity index (χ0n) is 15.5. The Bertz CT molecular complexity index is 1180. The number of hydrogen-bond acceptors (Lipinski definition) is 9. The van der Waals surface area contributed by atoms with Gasteiger partial charge in [0.1, 0.15) is 16.6 Å². The maximum atomic E-state index is 4.75. The van der Waals surface area contributed by atoms with E-state index in [0.717, 1.165) is 39.7 Å². The molecule has 2 aliphatic heterocycles. The highest BCUT2D eigenvalue weighted by Crippen LogP contribution is 2.31. The van der Waals surface area contributed by atoms with Crippen LogP contribution < -0.4 is 15.5 Å². The van der Waals surface area contributed by atoms with Crippen LogP contribution in [0.15, 0.2) is 49.1 Å². The van der Waals surface area contributed by atoms with E-state index in [1.54, 1.807) is 29.9 Å². The Labute approximate surface area is 171 Å². The number of piperazine rings is 1. The van der Waals surface area contributed by atoms with Crippen molar-refractivity contribution in [2.45, 2.75) is 18.5 Å². The number of anilines is 3. The largest absolute Gasteiger partial charge is 0.351 e. The summed E-state index contributed by atoms with van der Waals surface area (Å²) in [5.74, 6) is 2.20. The van der Waals surface area contributed by atoms with Crippen molar-refractivity contribution in [2.24, 2.45) is 0 Å². The van der Waals surface area contributed by atoms with Crippen LogP contribution in [0.3, 0.4) is 0 Å². The summed E-state index contributed by atoms with van der Waals surface area (Å²) in [5, 5.41) is 7.71. The monoisotopic (exact) mass is 402 g/mol. The number of thiazole rings is 1. The number of pyridine rings is 2. The van der Waals surface area contributed by atoms with Gasteiger partial charge in [0, 0.05) is 61.6 Å². The lowest BCUT2D eigenvalue weighted by atomic mass is 10.2. The van der Waals surface area contributed by atoms with Crippen molar-refractivity contribution in [3.8, 4) is 10.6 Å². The van der Waals surface area contributed by atoms with Crippen molar-refractivity contribution in [3.05, 3.63) is 49.1 Å². The first-order valence-corrected chi connectivity index (χ1v) is 10.4. The molecule has 29 heavy (non-hydrogen) atoms. The standard InChI is InChI=1S/C20H18N8S/c1-4-21-5-2-12(1)19-25-15-8-17(24-10-16(15)29-19)26-20-22-6-3-18(27-20)28-11-13-7-14(28)9-23-13/h1-6,8,10,13-14,23H,7,9,11H2,(H,22,24,26,27)/t13-,14-/m0/s1. The third-order valence-corrected chi connectivity index (χ3v) is 6.49. The van der Waals surface area contributed by atoms with Crippen LogP contribution in [0.25, 0.3) is 20.8 Å². The van der Waals surface area contributed by atoms with E-state index in [1.165, 1.54) is 6.42 Å².